The minimum Gasteiger partial charge on any atom is -0.465 e. The third-order valence-electron chi connectivity index (χ3n) is 6.23. The van der Waals surface area contributed by atoms with Gasteiger partial charge in [-0.25, -0.2) is 5.43 Å². The normalized spacial score (nSPS) is 35.6. The number of benzene rings is 1. The lowest BCUT2D eigenvalue weighted by Crippen LogP contribution is -2.66. The maximum atomic E-state index is 13.2. The van der Waals surface area contributed by atoms with Gasteiger partial charge in [0.15, 0.2) is 0 Å². The molecule has 4 unspecified atom stereocenters. The number of fused-ring (bicyclic) bond motifs is 2. The maximum Gasteiger partial charge on any atom is 0.258 e. The van der Waals surface area contributed by atoms with Gasteiger partial charge >= 0.3 is 0 Å². The van der Waals surface area contributed by atoms with Crippen LogP contribution in [0.5, 0.6) is 5.75 Å². The Balaban J connectivity index is 1.35. The number of hydrazine groups is 1. The van der Waals surface area contributed by atoms with Gasteiger partial charge in [0.2, 0.25) is 11.6 Å². The Labute approximate surface area is 152 Å². The highest BCUT2D eigenvalue weighted by Gasteiger charge is 2.48. The molecule has 0 radical (unpaired) electrons. The third kappa shape index (κ3) is 2.49. The first kappa shape index (κ1) is 16.1. The molecule has 3 aliphatic heterocycles. The largest absolute Gasteiger partial charge is 0.465 e. The van der Waals surface area contributed by atoms with Crippen LogP contribution in [0.15, 0.2) is 24.3 Å². The molecule has 26 heavy (non-hydrogen) atoms. The summed E-state index contributed by atoms with van der Waals surface area (Å²) in [7, 11) is 0. The van der Waals surface area contributed by atoms with Gasteiger partial charge < -0.3 is 15.0 Å². The number of hydrogen-bond donors (Lipinski definition) is 3. The summed E-state index contributed by atoms with van der Waals surface area (Å²) in [6, 6.07) is 7.50. The molecule has 3 fully saturated rings. The second kappa shape index (κ2) is 5.96. The van der Waals surface area contributed by atoms with Crippen molar-refractivity contribution in [3.63, 3.8) is 0 Å². The van der Waals surface area contributed by atoms with E-state index in [9.17, 15) is 9.59 Å². The van der Waals surface area contributed by atoms with Crippen LogP contribution >= 0.6 is 0 Å². The van der Waals surface area contributed by atoms with Gasteiger partial charge in [-0.15, -0.1) is 0 Å². The van der Waals surface area contributed by atoms with E-state index in [2.05, 4.69) is 16.2 Å². The van der Waals surface area contributed by atoms with E-state index in [4.69, 9.17) is 4.74 Å². The number of para-hydroxylation sites is 1. The van der Waals surface area contributed by atoms with E-state index >= 15 is 0 Å². The van der Waals surface area contributed by atoms with Crippen LogP contribution < -0.4 is 20.9 Å². The lowest BCUT2D eigenvalue weighted by molar-refractivity contribution is -0.141. The zero-order valence-corrected chi connectivity index (χ0v) is 14.7. The van der Waals surface area contributed by atoms with Crippen molar-refractivity contribution in [1.29, 1.82) is 0 Å². The quantitative estimate of drug-likeness (QED) is 0.692. The summed E-state index contributed by atoms with van der Waals surface area (Å²) >= 11 is 0. The number of piperidine rings is 1. The Bertz CT molecular complexity index is 754. The predicted molar refractivity (Wildman–Crippen MR) is 94.3 cm³/mol. The summed E-state index contributed by atoms with van der Waals surface area (Å²) < 4.78 is 6.20. The summed E-state index contributed by atoms with van der Waals surface area (Å²) in [5.41, 5.74) is 6.22. The third-order valence-corrected chi connectivity index (χ3v) is 6.23. The van der Waals surface area contributed by atoms with Gasteiger partial charge in [0.1, 0.15) is 11.8 Å². The number of carbonyl (C=O) groups excluding carboxylic acids is 2. The molecule has 1 aliphatic carbocycles. The molecule has 1 aromatic rings. The van der Waals surface area contributed by atoms with Gasteiger partial charge in [0, 0.05) is 24.9 Å². The van der Waals surface area contributed by atoms with E-state index < -0.39 is 5.72 Å². The molecule has 4 aliphatic rings. The lowest BCUT2D eigenvalue weighted by atomic mass is 9.93. The van der Waals surface area contributed by atoms with Gasteiger partial charge in [0.05, 0.1) is 12.1 Å². The molecule has 3 heterocycles. The zero-order chi connectivity index (χ0) is 17.7. The van der Waals surface area contributed by atoms with Crippen molar-refractivity contribution in [3.8, 4) is 5.75 Å². The van der Waals surface area contributed by atoms with Gasteiger partial charge in [0.25, 0.3) is 5.91 Å². The molecule has 5 rings (SSSR count). The molecular formula is C19H24N4O3. The monoisotopic (exact) mass is 356 g/mol. The van der Waals surface area contributed by atoms with Crippen LogP contribution in [0.25, 0.3) is 0 Å². The highest BCUT2D eigenvalue weighted by Crippen LogP contribution is 2.35. The number of carbonyl (C=O) groups is 2. The van der Waals surface area contributed by atoms with Gasteiger partial charge in [-0.1, -0.05) is 18.6 Å². The smallest absolute Gasteiger partial charge is 0.258 e. The highest BCUT2D eigenvalue weighted by atomic mass is 16.5. The summed E-state index contributed by atoms with van der Waals surface area (Å²) in [4.78, 5) is 27.5. The van der Waals surface area contributed by atoms with Crippen LogP contribution in [0.3, 0.4) is 0 Å². The Morgan fingerprint density at radius 3 is 3.00 bits per heavy atom. The minimum atomic E-state index is -0.819. The van der Waals surface area contributed by atoms with Crippen LogP contribution in [0.1, 0.15) is 42.5 Å². The summed E-state index contributed by atoms with van der Waals surface area (Å²) in [5, 5.41) is 3.02. The van der Waals surface area contributed by atoms with Crippen molar-refractivity contribution >= 4 is 11.8 Å². The average Bonchev–Trinajstić information content (AvgIpc) is 3.25. The van der Waals surface area contributed by atoms with Gasteiger partial charge in [-0.2, -0.15) is 0 Å². The summed E-state index contributed by atoms with van der Waals surface area (Å²) in [5.74, 6) is 0.949. The first-order valence-electron chi connectivity index (χ1n) is 9.56. The standard InChI is InChI=1S/C19H24N4O3/c24-17-13-5-1-2-8-15(13)26-19(20-17)9-4-10-23(11-19)18(25)16-12-6-3-7-14(12)21-22-16/h1-2,5,8,12,14,16,21-22H,3-4,6-7,9-11H2,(H,20,24). The molecular weight excluding hydrogens is 332 g/mol. The molecule has 7 heteroatoms. The predicted octanol–water partition coefficient (Wildman–Crippen LogP) is 0.773. The Hall–Kier alpha value is -2.12. The van der Waals surface area contributed by atoms with Gasteiger partial charge in [-0.05, 0) is 31.4 Å². The summed E-state index contributed by atoms with van der Waals surface area (Å²) in [6.45, 7) is 1.10. The van der Waals surface area contributed by atoms with Crippen molar-refractivity contribution in [3.05, 3.63) is 29.8 Å². The van der Waals surface area contributed by atoms with Crippen molar-refractivity contribution in [2.45, 2.75) is 49.9 Å². The molecule has 138 valence electrons. The molecule has 1 aromatic carbocycles. The molecule has 3 N–H and O–H groups in total. The number of rotatable bonds is 1. The van der Waals surface area contributed by atoms with E-state index in [0.29, 0.717) is 42.8 Å². The SMILES string of the molecule is O=C1NC2(CCCN(C(=O)C3NNC4CCCC43)C2)Oc2ccccc21. The fourth-order valence-electron chi connectivity index (χ4n) is 4.96. The molecule has 1 spiro atoms. The van der Waals surface area contributed by atoms with E-state index in [1.165, 1.54) is 6.42 Å². The van der Waals surface area contributed by atoms with Crippen LogP contribution in [0.4, 0.5) is 0 Å². The van der Waals surface area contributed by atoms with E-state index in [1.54, 1.807) is 6.07 Å². The highest BCUT2D eigenvalue weighted by molar-refractivity contribution is 5.98. The number of likely N-dealkylation sites (tertiary alicyclic amines) is 1. The van der Waals surface area contributed by atoms with Crippen molar-refractivity contribution in [2.24, 2.45) is 5.92 Å². The van der Waals surface area contributed by atoms with Crippen LogP contribution in [-0.2, 0) is 4.79 Å². The van der Waals surface area contributed by atoms with Crippen LogP contribution in [-0.4, -0.2) is 47.6 Å². The second-order valence-corrected chi connectivity index (χ2v) is 7.88. The number of ether oxygens (including phenoxy) is 1. The van der Waals surface area contributed by atoms with Crippen LogP contribution in [0, 0.1) is 5.92 Å². The van der Waals surface area contributed by atoms with E-state index in [1.807, 2.05) is 23.1 Å². The van der Waals surface area contributed by atoms with Gasteiger partial charge in [-0.3, -0.25) is 15.0 Å². The zero-order valence-electron chi connectivity index (χ0n) is 14.7. The molecule has 0 bridgehead atoms. The molecule has 2 saturated heterocycles. The second-order valence-electron chi connectivity index (χ2n) is 7.88. The fraction of sp³-hybridized carbons (Fsp3) is 0.579. The van der Waals surface area contributed by atoms with E-state index in [0.717, 1.165) is 19.3 Å². The topological polar surface area (TPSA) is 82.7 Å². The number of hydrogen-bond acceptors (Lipinski definition) is 5. The van der Waals surface area contributed by atoms with Crippen LogP contribution in [0.2, 0.25) is 0 Å². The Morgan fingerprint density at radius 1 is 1.19 bits per heavy atom. The maximum absolute atomic E-state index is 13.2. The molecule has 7 nitrogen and oxygen atoms in total. The Morgan fingerprint density at radius 2 is 2.08 bits per heavy atom. The molecule has 4 atom stereocenters. The molecule has 0 aromatic heterocycles. The molecule has 2 amide bonds. The number of nitrogens with one attached hydrogen (secondary N) is 3. The number of amides is 2. The van der Waals surface area contributed by atoms with Crippen molar-refractivity contribution in [1.82, 2.24) is 21.1 Å². The Kier molecular flexibility index (Phi) is 3.68. The first-order valence-corrected chi connectivity index (χ1v) is 9.56. The average molecular weight is 356 g/mol. The fourth-order valence-corrected chi connectivity index (χ4v) is 4.96. The lowest BCUT2D eigenvalue weighted by Gasteiger charge is -2.45. The van der Waals surface area contributed by atoms with Crippen molar-refractivity contribution in [2.75, 3.05) is 13.1 Å². The summed E-state index contributed by atoms with van der Waals surface area (Å²) in [6.07, 6.45) is 4.90. The molecule has 1 saturated carbocycles. The number of nitrogens with zero attached hydrogens (tertiary/aromatic N) is 1. The van der Waals surface area contributed by atoms with E-state index in [-0.39, 0.29) is 17.9 Å². The van der Waals surface area contributed by atoms with Crippen molar-refractivity contribution < 1.29 is 14.3 Å². The minimum absolute atomic E-state index is 0.114. The first-order chi connectivity index (χ1) is 12.7.